The number of benzene rings is 1. The predicted molar refractivity (Wildman–Crippen MR) is 83.4 cm³/mol. The summed E-state index contributed by atoms with van der Waals surface area (Å²) in [7, 11) is -3.38. The van der Waals surface area contributed by atoms with E-state index >= 15 is 0 Å². The van der Waals surface area contributed by atoms with Gasteiger partial charge in [-0.25, -0.2) is 13.4 Å². The average molecular weight is 299 g/mol. The number of nitrogens with one attached hydrogen (secondary N) is 1. The molecule has 5 nitrogen and oxygen atoms in total. The van der Waals surface area contributed by atoms with Gasteiger partial charge in [-0.3, -0.25) is 9.71 Å². The number of hydrogen-bond donors (Lipinski definition) is 1. The second-order valence-corrected chi connectivity index (χ2v) is 6.42. The van der Waals surface area contributed by atoms with E-state index in [0.717, 1.165) is 22.7 Å². The van der Waals surface area contributed by atoms with Gasteiger partial charge < -0.3 is 0 Å². The smallest absolute Gasteiger partial charge is 0.230 e. The molecule has 0 amide bonds. The molecule has 0 fully saturated rings. The molecular formula is C15H13N3O2S. The SMILES string of the molecule is CS(=O)(=O)Nc1cc2cccnc2c(-c2ccccc2)n1. The van der Waals surface area contributed by atoms with Crippen LogP contribution in [0.1, 0.15) is 0 Å². The molecule has 1 aromatic carbocycles. The Morgan fingerprint density at radius 2 is 1.81 bits per heavy atom. The summed E-state index contributed by atoms with van der Waals surface area (Å²) in [5, 5.41) is 0.831. The number of hydrogen-bond acceptors (Lipinski definition) is 4. The molecule has 0 spiro atoms. The Morgan fingerprint density at radius 3 is 2.52 bits per heavy atom. The Labute approximate surface area is 122 Å². The first-order chi connectivity index (χ1) is 10.0. The first-order valence-electron chi connectivity index (χ1n) is 6.32. The molecule has 3 rings (SSSR count). The Balaban J connectivity index is 2.26. The van der Waals surface area contributed by atoms with Crippen molar-refractivity contribution in [2.24, 2.45) is 0 Å². The standard InChI is InChI=1S/C15H13N3O2S/c1-21(19,20)18-13-10-12-8-5-9-16-14(12)15(17-13)11-6-3-2-4-7-11/h2-10H,1H3,(H,17,18). The molecule has 3 aromatic rings. The minimum Gasteiger partial charge on any atom is -0.268 e. The van der Waals surface area contributed by atoms with Gasteiger partial charge >= 0.3 is 0 Å². The Hall–Kier alpha value is -2.47. The molecule has 2 aromatic heterocycles. The number of nitrogens with zero attached hydrogens (tertiary/aromatic N) is 2. The van der Waals surface area contributed by atoms with Crippen LogP contribution in [0.25, 0.3) is 22.2 Å². The zero-order valence-electron chi connectivity index (χ0n) is 11.3. The summed E-state index contributed by atoms with van der Waals surface area (Å²) in [4.78, 5) is 8.76. The molecule has 0 unspecified atom stereocenters. The number of rotatable bonds is 3. The third kappa shape index (κ3) is 3.00. The molecule has 1 N–H and O–H groups in total. The van der Waals surface area contributed by atoms with Crippen molar-refractivity contribution >= 4 is 26.7 Å². The van der Waals surface area contributed by atoms with Gasteiger partial charge in [0.2, 0.25) is 10.0 Å². The van der Waals surface area contributed by atoms with E-state index < -0.39 is 10.0 Å². The quantitative estimate of drug-likeness (QED) is 0.807. The molecule has 106 valence electrons. The highest BCUT2D eigenvalue weighted by atomic mass is 32.2. The highest BCUT2D eigenvalue weighted by Gasteiger charge is 2.11. The van der Waals surface area contributed by atoms with Crippen molar-refractivity contribution < 1.29 is 8.42 Å². The van der Waals surface area contributed by atoms with Gasteiger partial charge in [0.15, 0.2) is 0 Å². The number of pyridine rings is 2. The summed E-state index contributed by atoms with van der Waals surface area (Å²) in [5.41, 5.74) is 2.28. The first kappa shape index (κ1) is 13.5. The highest BCUT2D eigenvalue weighted by molar-refractivity contribution is 7.92. The maximum absolute atomic E-state index is 11.4. The minimum absolute atomic E-state index is 0.289. The molecule has 0 atom stereocenters. The molecule has 0 saturated heterocycles. The van der Waals surface area contributed by atoms with Crippen LogP contribution in [-0.2, 0) is 10.0 Å². The number of anilines is 1. The number of aromatic nitrogens is 2. The van der Waals surface area contributed by atoms with Crippen LogP contribution in [-0.4, -0.2) is 24.6 Å². The molecule has 0 bridgehead atoms. The maximum atomic E-state index is 11.4. The van der Waals surface area contributed by atoms with E-state index in [9.17, 15) is 8.42 Å². The largest absolute Gasteiger partial charge is 0.268 e. The maximum Gasteiger partial charge on any atom is 0.230 e. The van der Waals surface area contributed by atoms with Crippen LogP contribution in [0, 0.1) is 0 Å². The van der Waals surface area contributed by atoms with E-state index in [1.165, 1.54) is 0 Å². The van der Waals surface area contributed by atoms with Crippen LogP contribution in [0.5, 0.6) is 0 Å². The summed E-state index contributed by atoms with van der Waals surface area (Å²) < 4.78 is 25.3. The van der Waals surface area contributed by atoms with Crippen molar-refractivity contribution in [1.82, 2.24) is 9.97 Å². The van der Waals surface area contributed by atoms with Crippen LogP contribution in [0.2, 0.25) is 0 Å². The van der Waals surface area contributed by atoms with Crippen molar-refractivity contribution in [3.63, 3.8) is 0 Å². The van der Waals surface area contributed by atoms with E-state index in [0.29, 0.717) is 5.69 Å². The second kappa shape index (κ2) is 5.14. The fourth-order valence-electron chi connectivity index (χ4n) is 2.12. The fraction of sp³-hybridized carbons (Fsp3) is 0.0667. The van der Waals surface area contributed by atoms with Gasteiger partial charge in [0.25, 0.3) is 0 Å². The third-order valence-electron chi connectivity index (χ3n) is 2.92. The van der Waals surface area contributed by atoms with E-state index in [1.54, 1.807) is 18.3 Å². The van der Waals surface area contributed by atoms with Crippen LogP contribution in [0.15, 0.2) is 54.7 Å². The molecule has 0 radical (unpaired) electrons. The molecule has 21 heavy (non-hydrogen) atoms. The third-order valence-corrected chi connectivity index (χ3v) is 3.50. The van der Waals surface area contributed by atoms with Crippen molar-refractivity contribution in [3.8, 4) is 11.3 Å². The zero-order valence-corrected chi connectivity index (χ0v) is 12.1. The fourth-order valence-corrected chi connectivity index (χ4v) is 2.61. The lowest BCUT2D eigenvalue weighted by Gasteiger charge is -2.09. The number of sulfonamides is 1. The van der Waals surface area contributed by atoms with E-state index in [2.05, 4.69) is 14.7 Å². The summed E-state index contributed by atoms with van der Waals surface area (Å²) in [6, 6.07) is 14.9. The van der Waals surface area contributed by atoms with Crippen LogP contribution < -0.4 is 4.72 Å². The van der Waals surface area contributed by atoms with Gasteiger partial charge in [-0.15, -0.1) is 0 Å². The summed E-state index contributed by atoms with van der Waals surface area (Å²) in [6.07, 6.45) is 2.80. The van der Waals surface area contributed by atoms with E-state index in [1.807, 2.05) is 36.4 Å². The van der Waals surface area contributed by atoms with Crippen LogP contribution in [0.4, 0.5) is 5.82 Å². The highest BCUT2D eigenvalue weighted by Crippen LogP contribution is 2.27. The van der Waals surface area contributed by atoms with E-state index in [-0.39, 0.29) is 5.82 Å². The number of fused-ring (bicyclic) bond motifs is 1. The second-order valence-electron chi connectivity index (χ2n) is 4.67. The van der Waals surface area contributed by atoms with Crippen molar-refractivity contribution in [2.45, 2.75) is 0 Å². The Bertz CT molecular complexity index is 893. The van der Waals surface area contributed by atoms with Gasteiger partial charge in [-0.1, -0.05) is 36.4 Å². The average Bonchev–Trinajstić information content (AvgIpc) is 2.45. The van der Waals surface area contributed by atoms with Gasteiger partial charge in [0.1, 0.15) is 5.82 Å². The first-order valence-corrected chi connectivity index (χ1v) is 8.21. The molecule has 0 aliphatic rings. The zero-order chi connectivity index (χ0) is 14.9. The molecule has 0 aliphatic carbocycles. The molecule has 0 aliphatic heterocycles. The lowest BCUT2D eigenvalue weighted by molar-refractivity contribution is 0.606. The summed E-state index contributed by atoms with van der Waals surface area (Å²) in [5.74, 6) is 0.289. The summed E-state index contributed by atoms with van der Waals surface area (Å²) in [6.45, 7) is 0. The molecule has 2 heterocycles. The van der Waals surface area contributed by atoms with Gasteiger partial charge in [-0.2, -0.15) is 0 Å². The molecular weight excluding hydrogens is 286 g/mol. The normalized spacial score (nSPS) is 11.5. The van der Waals surface area contributed by atoms with Crippen LogP contribution >= 0.6 is 0 Å². The minimum atomic E-state index is -3.38. The summed E-state index contributed by atoms with van der Waals surface area (Å²) >= 11 is 0. The van der Waals surface area contributed by atoms with Crippen molar-refractivity contribution in [3.05, 3.63) is 54.7 Å². The van der Waals surface area contributed by atoms with E-state index in [4.69, 9.17) is 0 Å². The lowest BCUT2D eigenvalue weighted by Crippen LogP contribution is -2.11. The Morgan fingerprint density at radius 1 is 1.05 bits per heavy atom. The van der Waals surface area contributed by atoms with Gasteiger partial charge in [0, 0.05) is 17.1 Å². The van der Waals surface area contributed by atoms with Crippen molar-refractivity contribution in [1.29, 1.82) is 0 Å². The van der Waals surface area contributed by atoms with Gasteiger partial charge in [-0.05, 0) is 12.1 Å². The van der Waals surface area contributed by atoms with Gasteiger partial charge in [0.05, 0.1) is 17.5 Å². The molecule has 0 saturated carbocycles. The monoisotopic (exact) mass is 299 g/mol. The molecule has 6 heteroatoms. The topological polar surface area (TPSA) is 72.0 Å². The Kier molecular flexibility index (Phi) is 3.31. The lowest BCUT2D eigenvalue weighted by atomic mass is 10.1. The van der Waals surface area contributed by atoms with Crippen molar-refractivity contribution in [2.75, 3.05) is 11.0 Å². The predicted octanol–water partition coefficient (Wildman–Crippen LogP) is 2.67. The van der Waals surface area contributed by atoms with Crippen LogP contribution in [0.3, 0.4) is 0 Å².